The van der Waals surface area contributed by atoms with Gasteiger partial charge in [-0.05, 0) is 18.2 Å². The zero-order valence-corrected chi connectivity index (χ0v) is 8.99. The standard InChI is InChI=1S/C11H7NO3S/c13-5-8-4-12-11(16-8)7-1-2-9-10(3-7)15-6-14-9/h1-5H,6H2. The zero-order valence-electron chi connectivity index (χ0n) is 8.17. The van der Waals surface area contributed by atoms with Crippen LogP contribution in [0.2, 0.25) is 0 Å². The minimum Gasteiger partial charge on any atom is -0.454 e. The second-order valence-corrected chi connectivity index (χ2v) is 4.32. The van der Waals surface area contributed by atoms with Gasteiger partial charge in [0, 0.05) is 11.8 Å². The summed E-state index contributed by atoms with van der Waals surface area (Å²) in [5.41, 5.74) is 0.933. The first kappa shape index (κ1) is 9.35. The van der Waals surface area contributed by atoms with Crippen LogP contribution in [0.25, 0.3) is 10.6 Å². The largest absolute Gasteiger partial charge is 0.454 e. The van der Waals surface area contributed by atoms with Crippen molar-refractivity contribution in [3.8, 4) is 22.1 Å². The van der Waals surface area contributed by atoms with E-state index in [0.29, 0.717) is 4.88 Å². The summed E-state index contributed by atoms with van der Waals surface area (Å²) in [4.78, 5) is 15.4. The van der Waals surface area contributed by atoms with Crippen molar-refractivity contribution in [3.63, 3.8) is 0 Å². The summed E-state index contributed by atoms with van der Waals surface area (Å²) >= 11 is 1.36. The number of carbonyl (C=O) groups excluding carboxylic acids is 1. The maximum atomic E-state index is 10.6. The van der Waals surface area contributed by atoms with E-state index in [1.165, 1.54) is 11.3 Å². The summed E-state index contributed by atoms with van der Waals surface area (Å²) in [6.45, 7) is 0.260. The maximum absolute atomic E-state index is 10.6. The van der Waals surface area contributed by atoms with Crippen molar-refractivity contribution in [1.29, 1.82) is 0 Å². The minimum atomic E-state index is 0.260. The van der Waals surface area contributed by atoms with Gasteiger partial charge in [0.2, 0.25) is 6.79 Å². The lowest BCUT2D eigenvalue weighted by atomic mass is 10.2. The average Bonchev–Trinajstić information content (AvgIpc) is 2.96. The van der Waals surface area contributed by atoms with Gasteiger partial charge in [0.05, 0.1) is 4.88 Å². The Morgan fingerprint density at radius 2 is 2.19 bits per heavy atom. The number of hydrogen-bond acceptors (Lipinski definition) is 5. The molecule has 0 amide bonds. The molecule has 0 atom stereocenters. The summed E-state index contributed by atoms with van der Waals surface area (Å²) < 4.78 is 10.5. The number of nitrogens with zero attached hydrogens (tertiary/aromatic N) is 1. The Hall–Kier alpha value is -1.88. The van der Waals surface area contributed by atoms with E-state index in [0.717, 1.165) is 28.4 Å². The minimum absolute atomic E-state index is 0.260. The molecule has 0 N–H and O–H groups in total. The van der Waals surface area contributed by atoms with Gasteiger partial charge in [-0.3, -0.25) is 4.79 Å². The molecule has 1 aromatic carbocycles. The molecule has 0 bridgehead atoms. The molecule has 1 aliphatic rings. The molecule has 1 aromatic heterocycles. The Morgan fingerprint density at radius 1 is 1.31 bits per heavy atom. The molecule has 0 fully saturated rings. The van der Waals surface area contributed by atoms with Crippen LogP contribution in [0, 0.1) is 0 Å². The fraction of sp³-hybridized carbons (Fsp3) is 0.0909. The smallest absolute Gasteiger partial charge is 0.231 e. The average molecular weight is 233 g/mol. The predicted octanol–water partition coefficient (Wildman–Crippen LogP) is 2.35. The number of benzene rings is 1. The molecule has 5 heteroatoms. The van der Waals surface area contributed by atoms with E-state index >= 15 is 0 Å². The normalized spacial score (nSPS) is 12.8. The number of fused-ring (bicyclic) bond motifs is 1. The highest BCUT2D eigenvalue weighted by Gasteiger charge is 2.14. The van der Waals surface area contributed by atoms with E-state index in [-0.39, 0.29) is 6.79 Å². The summed E-state index contributed by atoms with van der Waals surface area (Å²) in [5, 5.41) is 0.806. The Labute approximate surface area is 95.5 Å². The molecule has 16 heavy (non-hydrogen) atoms. The highest BCUT2D eigenvalue weighted by Crippen LogP contribution is 2.36. The van der Waals surface area contributed by atoms with Gasteiger partial charge in [-0.2, -0.15) is 0 Å². The molecule has 0 saturated heterocycles. The van der Waals surface area contributed by atoms with Crippen LogP contribution in [0.4, 0.5) is 0 Å². The molecule has 0 aliphatic carbocycles. The fourth-order valence-electron chi connectivity index (χ4n) is 1.50. The topological polar surface area (TPSA) is 48.4 Å². The van der Waals surface area contributed by atoms with Crippen molar-refractivity contribution in [2.75, 3.05) is 6.79 Å². The van der Waals surface area contributed by atoms with E-state index in [1.807, 2.05) is 18.2 Å². The van der Waals surface area contributed by atoms with Gasteiger partial charge in [0.1, 0.15) is 5.01 Å². The van der Waals surface area contributed by atoms with Gasteiger partial charge in [0.25, 0.3) is 0 Å². The molecule has 2 aromatic rings. The molecule has 0 saturated carbocycles. The molecule has 0 spiro atoms. The molecule has 1 aliphatic heterocycles. The number of aromatic nitrogens is 1. The fourth-order valence-corrected chi connectivity index (χ4v) is 2.23. The molecule has 3 rings (SSSR count). The molecule has 0 radical (unpaired) electrons. The number of thiazole rings is 1. The lowest BCUT2D eigenvalue weighted by Crippen LogP contribution is -1.92. The van der Waals surface area contributed by atoms with Crippen LogP contribution in [0.5, 0.6) is 11.5 Å². The number of carbonyl (C=O) groups is 1. The predicted molar refractivity (Wildman–Crippen MR) is 59.1 cm³/mol. The van der Waals surface area contributed by atoms with Crippen LogP contribution in [0.1, 0.15) is 9.67 Å². The van der Waals surface area contributed by atoms with Gasteiger partial charge >= 0.3 is 0 Å². The number of aldehydes is 1. The molecular weight excluding hydrogens is 226 g/mol. The van der Waals surface area contributed by atoms with Gasteiger partial charge in [0.15, 0.2) is 17.8 Å². The Bertz CT molecular complexity index is 550. The van der Waals surface area contributed by atoms with E-state index < -0.39 is 0 Å². The third kappa shape index (κ3) is 1.45. The summed E-state index contributed by atoms with van der Waals surface area (Å²) in [7, 11) is 0. The lowest BCUT2D eigenvalue weighted by Gasteiger charge is -1.98. The van der Waals surface area contributed by atoms with Crippen LogP contribution >= 0.6 is 11.3 Å². The van der Waals surface area contributed by atoms with Crippen molar-refractivity contribution in [3.05, 3.63) is 29.3 Å². The van der Waals surface area contributed by atoms with Gasteiger partial charge in [-0.1, -0.05) is 0 Å². The number of ether oxygens (including phenoxy) is 2. The van der Waals surface area contributed by atoms with Crippen molar-refractivity contribution in [1.82, 2.24) is 4.98 Å². The molecular formula is C11H7NO3S. The Balaban J connectivity index is 2.03. The molecule has 0 unspecified atom stereocenters. The molecule has 80 valence electrons. The monoisotopic (exact) mass is 233 g/mol. The highest BCUT2D eigenvalue weighted by molar-refractivity contribution is 7.16. The first-order valence-corrected chi connectivity index (χ1v) is 5.49. The third-order valence-electron chi connectivity index (χ3n) is 2.26. The van der Waals surface area contributed by atoms with Crippen molar-refractivity contribution >= 4 is 17.6 Å². The number of hydrogen-bond donors (Lipinski definition) is 0. The van der Waals surface area contributed by atoms with Gasteiger partial charge in [-0.15, -0.1) is 11.3 Å². The lowest BCUT2D eigenvalue weighted by molar-refractivity contribution is 0.112. The van der Waals surface area contributed by atoms with Crippen LogP contribution in [-0.4, -0.2) is 18.1 Å². The van der Waals surface area contributed by atoms with E-state index in [1.54, 1.807) is 6.20 Å². The maximum Gasteiger partial charge on any atom is 0.231 e. The van der Waals surface area contributed by atoms with Gasteiger partial charge < -0.3 is 9.47 Å². The first-order valence-electron chi connectivity index (χ1n) is 4.68. The van der Waals surface area contributed by atoms with E-state index in [2.05, 4.69) is 4.98 Å². The van der Waals surface area contributed by atoms with Crippen molar-refractivity contribution < 1.29 is 14.3 Å². The quantitative estimate of drug-likeness (QED) is 0.747. The zero-order chi connectivity index (χ0) is 11.0. The van der Waals surface area contributed by atoms with Crippen molar-refractivity contribution in [2.24, 2.45) is 0 Å². The van der Waals surface area contributed by atoms with Crippen molar-refractivity contribution in [2.45, 2.75) is 0 Å². The van der Waals surface area contributed by atoms with Gasteiger partial charge in [-0.25, -0.2) is 4.98 Å². The van der Waals surface area contributed by atoms with E-state index in [4.69, 9.17) is 9.47 Å². The summed E-state index contributed by atoms with van der Waals surface area (Å²) in [6.07, 6.45) is 2.37. The molecule has 2 heterocycles. The second kappa shape index (κ2) is 3.61. The van der Waals surface area contributed by atoms with Crippen LogP contribution < -0.4 is 9.47 Å². The first-order chi connectivity index (χ1) is 7.86. The van der Waals surface area contributed by atoms with Crippen LogP contribution in [0.3, 0.4) is 0 Å². The molecule has 4 nitrogen and oxygen atoms in total. The Kier molecular flexibility index (Phi) is 2.11. The summed E-state index contributed by atoms with van der Waals surface area (Å²) in [6, 6.07) is 5.62. The van der Waals surface area contributed by atoms with E-state index in [9.17, 15) is 4.79 Å². The van der Waals surface area contributed by atoms with Crippen LogP contribution in [0.15, 0.2) is 24.4 Å². The third-order valence-corrected chi connectivity index (χ3v) is 3.23. The van der Waals surface area contributed by atoms with Crippen LogP contribution in [-0.2, 0) is 0 Å². The Morgan fingerprint density at radius 3 is 3.00 bits per heavy atom. The SMILES string of the molecule is O=Cc1cnc(-c2ccc3c(c2)OCO3)s1. The highest BCUT2D eigenvalue weighted by atomic mass is 32.1. The number of rotatable bonds is 2. The second-order valence-electron chi connectivity index (χ2n) is 3.25. The summed E-state index contributed by atoms with van der Waals surface area (Å²) in [5.74, 6) is 1.47.